The number of halogens is 2. The molecule has 0 spiro atoms. The van der Waals surface area contributed by atoms with Gasteiger partial charge in [0.1, 0.15) is 0 Å². The van der Waals surface area contributed by atoms with Gasteiger partial charge in [0.25, 0.3) is 0 Å². The molecule has 1 amide bonds. The van der Waals surface area contributed by atoms with E-state index in [1.54, 1.807) is 42.2 Å². The molecule has 2 aromatic rings. The third-order valence-electron chi connectivity index (χ3n) is 2.65. The fourth-order valence-corrected chi connectivity index (χ4v) is 1.86. The van der Waals surface area contributed by atoms with Gasteiger partial charge in [0, 0.05) is 29.2 Å². The van der Waals surface area contributed by atoms with Gasteiger partial charge < -0.3 is 5.32 Å². The summed E-state index contributed by atoms with van der Waals surface area (Å²) in [7, 11) is 0. The molecule has 1 unspecified atom stereocenters. The highest BCUT2D eigenvalue weighted by Gasteiger charge is 2.14. The second kappa shape index (κ2) is 6.08. The van der Waals surface area contributed by atoms with Crippen molar-refractivity contribution in [2.24, 2.45) is 5.92 Å². The second-order valence-electron chi connectivity index (χ2n) is 4.16. The number of hydrogen-bond acceptors (Lipinski definition) is 2. The summed E-state index contributed by atoms with van der Waals surface area (Å²) < 4.78 is 1.66. The number of carbonyl (C=O) groups is 1. The maximum atomic E-state index is 11.9. The molecule has 100 valence electrons. The van der Waals surface area contributed by atoms with Crippen molar-refractivity contribution in [3.8, 4) is 5.69 Å². The maximum absolute atomic E-state index is 11.9. The molecule has 6 heteroatoms. The van der Waals surface area contributed by atoms with Crippen molar-refractivity contribution < 1.29 is 4.79 Å². The van der Waals surface area contributed by atoms with Crippen molar-refractivity contribution in [3.05, 3.63) is 41.7 Å². The molecule has 0 aliphatic heterocycles. The number of rotatable bonds is 4. The third kappa shape index (κ3) is 3.28. The molecule has 19 heavy (non-hydrogen) atoms. The molecule has 1 N–H and O–H groups in total. The Bertz CT molecular complexity index is 569. The lowest BCUT2D eigenvalue weighted by molar-refractivity contribution is -0.118. The van der Waals surface area contributed by atoms with Crippen LogP contribution in [0.1, 0.15) is 6.92 Å². The highest BCUT2D eigenvalue weighted by atomic mass is 35.5. The van der Waals surface area contributed by atoms with Crippen LogP contribution in [0.2, 0.25) is 5.02 Å². The third-order valence-corrected chi connectivity index (χ3v) is 3.34. The zero-order valence-corrected chi connectivity index (χ0v) is 11.8. The van der Waals surface area contributed by atoms with Crippen molar-refractivity contribution in [2.75, 3.05) is 11.2 Å². The zero-order valence-electron chi connectivity index (χ0n) is 10.3. The molecule has 2 rings (SSSR count). The van der Waals surface area contributed by atoms with Gasteiger partial charge in [-0.2, -0.15) is 5.10 Å². The Balaban J connectivity index is 2.33. The average molecular weight is 298 g/mol. The van der Waals surface area contributed by atoms with Crippen molar-refractivity contribution in [2.45, 2.75) is 6.92 Å². The molecule has 0 aliphatic rings. The minimum Gasteiger partial charge on any atom is -0.324 e. The first-order valence-electron chi connectivity index (χ1n) is 5.78. The quantitative estimate of drug-likeness (QED) is 0.880. The summed E-state index contributed by atoms with van der Waals surface area (Å²) in [6.45, 7) is 1.76. The summed E-state index contributed by atoms with van der Waals surface area (Å²) in [4.78, 5) is 11.9. The summed E-state index contributed by atoms with van der Waals surface area (Å²) in [5.74, 6) is -0.152. The van der Waals surface area contributed by atoms with E-state index in [2.05, 4.69) is 10.4 Å². The largest absolute Gasteiger partial charge is 0.324 e. The molecule has 0 saturated heterocycles. The molecule has 0 radical (unpaired) electrons. The van der Waals surface area contributed by atoms with Crippen LogP contribution in [-0.4, -0.2) is 21.6 Å². The molecule has 1 heterocycles. The van der Waals surface area contributed by atoms with Gasteiger partial charge in [-0.25, -0.2) is 4.68 Å². The van der Waals surface area contributed by atoms with E-state index in [0.717, 1.165) is 5.69 Å². The standard InChI is InChI=1S/C13H13Cl2N3O/c1-9(8-14)13(19)17-11-7-10(15)3-4-12(11)18-6-2-5-16-18/h2-7,9H,8H2,1H3,(H,17,19). The normalized spacial score (nSPS) is 12.2. The van der Waals surface area contributed by atoms with E-state index in [9.17, 15) is 4.79 Å². The lowest BCUT2D eigenvalue weighted by Crippen LogP contribution is -2.22. The summed E-state index contributed by atoms with van der Waals surface area (Å²) in [6, 6.07) is 7.05. The molecule has 1 atom stereocenters. The molecule has 1 aromatic heterocycles. The Morgan fingerprint density at radius 2 is 2.32 bits per heavy atom. The fourth-order valence-electron chi connectivity index (χ4n) is 1.55. The van der Waals surface area contributed by atoms with E-state index in [1.165, 1.54) is 0 Å². The van der Waals surface area contributed by atoms with E-state index >= 15 is 0 Å². The van der Waals surface area contributed by atoms with Gasteiger partial charge >= 0.3 is 0 Å². The van der Waals surface area contributed by atoms with Crippen LogP contribution in [-0.2, 0) is 4.79 Å². The molecular weight excluding hydrogens is 285 g/mol. The molecular formula is C13H13Cl2N3O. The van der Waals surface area contributed by atoms with E-state index in [-0.39, 0.29) is 17.7 Å². The van der Waals surface area contributed by atoms with Gasteiger partial charge in [-0.3, -0.25) is 4.79 Å². The topological polar surface area (TPSA) is 46.9 Å². The van der Waals surface area contributed by atoms with Crippen molar-refractivity contribution >= 4 is 34.8 Å². The number of nitrogens with zero attached hydrogens (tertiary/aromatic N) is 2. The predicted octanol–water partition coefficient (Wildman–Crippen LogP) is 3.34. The summed E-state index contributed by atoms with van der Waals surface area (Å²) in [5, 5.41) is 7.51. The number of anilines is 1. The Hall–Kier alpha value is -1.52. The number of hydrogen-bond donors (Lipinski definition) is 1. The van der Waals surface area contributed by atoms with Gasteiger partial charge in [0.2, 0.25) is 5.91 Å². The molecule has 1 aromatic carbocycles. The number of nitrogens with one attached hydrogen (secondary N) is 1. The van der Waals surface area contributed by atoms with Crippen molar-refractivity contribution in [1.29, 1.82) is 0 Å². The monoisotopic (exact) mass is 297 g/mol. The average Bonchev–Trinajstić information content (AvgIpc) is 2.91. The van der Waals surface area contributed by atoms with Crippen LogP contribution in [0.4, 0.5) is 5.69 Å². The predicted molar refractivity (Wildman–Crippen MR) is 77.1 cm³/mol. The number of amides is 1. The fraction of sp³-hybridized carbons (Fsp3) is 0.231. The lowest BCUT2D eigenvalue weighted by atomic mass is 10.2. The van der Waals surface area contributed by atoms with Crippen molar-refractivity contribution in [3.63, 3.8) is 0 Å². The Labute approximate surface area is 121 Å². The number of benzene rings is 1. The van der Waals surface area contributed by atoms with Gasteiger partial charge in [0.15, 0.2) is 0 Å². The molecule has 0 fully saturated rings. The Kier molecular flexibility index (Phi) is 4.45. The van der Waals surface area contributed by atoms with Crippen LogP contribution >= 0.6 is 23.2 Å². The first kappa shape index (κ1) is 13.9. The number of alkyl halides is 1. The first-order chi connectivity index (χ1) is 9.11. The SMILES string of the molecule is CC(CCl)C(=O)Nc1cc(Cl)ccc1-n1cccn1. The van der Waals surface area contributed by atoms with Gasteiger partial charge in [-0.1, -0.05) is 18.5 Å². The van der Waals surface area contributed by atoms with Crippen LogP contribution in [0.25, 0.3) is 5.69 Å². The van der Waals surface area contributed by atoms with Crippen LogP contribution < -0.4 is 5.32 Å². The van der Waals surface area contributed by atoms with Crippen LogP contribution in [0.3, 0.4) is 0 Å². The number of carbonyl (C=O) groups excluding carboxylic acids is 1. The highest BCUT2D eigenvalue weighted by Crippen LogP contribution is 2.24. The Morgan fingerprint density at radius 3 is 2.95 bits per heavy atom. The van der Waals surface area contributed by atoms with Gasteiger partial charge in [-0.15, -0.1) is 11.6 Å². The Morgan fingerprint density at radius 1 is 1.53 bits per heavy atom. The summed E-state index contributed by atoms with van der Waals surface area (Å²) in [6.07, 6.45) is 3.46. The first-order valence-corrected chi connectivity index (χ1v) is 6.69. The molecule has 4 nitrogen and oxygen atoms in total. The summed E-state index contributed by atoms with van der Waals surface area (Å²) in [5.41, 5.74) is 1.36. The minimum absolute atomic E-state index is 0.148. The molecule has 0 aliphatic carbocycles. The van der Waals surface area contributed by atoms with E-state index < -0.39 is 0 Å². The smallest absolute Gasteiger partial charge is 0.228 e. The van der Waals surface area contributed by atoms with Crippen LogP contribution in [0.5, 0.6) is 0 Å². The van der Waals surface area contributed by atoms with E-state index in [4.69, 9.17) is 23.2 Å². The number of aromatic nitrogens is 2. The second-order valence-corrected chi connectivity index (χ2v) is 4.90. The van der Waals surface area contributed by atoms with E-state index in [1.807, 2.05) is 6.07 Å². The van der Waals surface area contributed by atoms with E-state index in [0.29, 0.717) is 10.7 Å². The highest BCUT2D eigenvalue weighted by molar-refractivity contribution is 6.31. The zero-order chi connectivity index (χ0) is 13.8. The lowest BCUT2D eigenvalue weighted by Gasteiger charge is -2.13. The molecule has 0 bridgehead atoms. The minimum atomic E-state index is -0.272. The molecule has 0 saturated carbocycles. The van der Waals surface area contributed by atoms with Gasteiger partial charge in [0.05, 0.1) is 11.4 Å². The van der Waals surface area contributed by atoms with Gasteiger partial charge in [-0.05, 0) is 24.3 Å². The van der Waals surface area contributed by atoms with Crippen LogP contribution in [0.15, 0.2) is 36.7 Å². The van der Waals surface area contributed by atoms with Crippen molar-refractivity contribution in [1.82, 2.24) is 9.78 Å². The van der Waals surface area contributed by atoms with Crippen LogP contribution in [0, 0.1) is 5.92 Å². The summed E-state index contributed by atoms with van der Waals surface area (Å²) >= 11 is 11.6. The maximum Gasteiger partial charge on any atom is 0.228 e.